The highest BCUT2D eigenvalue weighted by Crippen LogP contribution is 2.24. The fourth-order valence-electron chi connectivity index (χ4n) is 2.22. The van der Waals surface area contributed by atoms with Crippen molar-refractivity contribution in [3.63, 3.8) is 0 Å². The quantitative estimate of drug-likeness (QED) is 0.663. The first kappa shape index (κ1) is 18.1. The summed E-state index contributed by atoms with van der Waals surface area (Å²) in [6, 6.07) is 7.13. The standard InChI is InChI=1S/C15H20O7S/c1-8-3-5-9(6-4-8)20-15(23)22-13-11(17)10(7-16)21-14(19-2)12(13)18/h3-6,10-14,16-18H,7H2,1-2H3/t10-,11+,12-,13+,14-/m1/s1. The number of aliphatic hydroxyl groups is 3. The van der Waals surface area contributed by atoms with E-state index >= 15 is 0 Å². The molecule has 0 radical (unpaired) electrons. The van der Waals surface area contributed by atoms with E-state index < -0.39 is 37.3 Å². The van der Waals surface area contributed by atoms with Crippen LogP contribution in [0.3, 0.4) is 0 Å². The second-order valence-electron chi connectivity index (χ2n) is 5.19. The molecule has 1 aromatic rings. The molecule has 0 aromatic heterocycles. The number of aliphatic hydroxyl groups excluding tert-OH is 3. The van der Waals surface area contributed by atoms with Gasteiger partial charge < -0.3 is 34.3 Å². The molecule has 23 heavy (non-hydrogen) atoms. The molecular formula is C15H20O7S. The molecule has 3 N–H and O–H groups in total. The Labute approximate surface area is 139 Å². The molecule has 0 bridgehead atoms. The van der Waals surface area contributed by atoms with Crippen molar-refractivity contribution in [2.45, 2.75) is 37.6 Å². The van der Waals surface area contributed by atoms with E-state index in [4.69, 9.17) is 31.2 Å². The third kappa shape index (κ3) is 4.37. The Bertz CT molecular complexity index is 505. The largest absolute Gasteiger partial charge is 0.447 e. The van der Waals surface area contributed by atoms with E-state index in [9.17, 15) is 15.3 Å². The summed E-state index contributed by atoms with van der Waals surface area (Å²) in [5.41, 5.74) is 1.06. The molecular weight excluding hydrogens is 324 g/mol. The predicted octanol–water partition coefficient (Wildman–Crippen LogP) is 0.129. The lowest BCUT2D eigenvalue weighted by atomic mass is 9.99. The first-order chi connectivity index (χ1) is 11.0. The van der Waals surface area contributed by atoms with Crippen LogP contribution in [-0.4, -0.2) is 65.0 Å². The SMILES string of the molecule is CO[C@@H]1O[C@H](CO)[C@H](O)[C@H](OC(=S)Oc2ccc(C)cc2)[C@H]1O. The van der Waals surface area contributed by atoms with Crippen LogP contribution in [-0.2, 0) is 14.2 Å². The third-order valence-corrected chi connectivity index (χ3v) is 3.69. The van der Waals surface area contributed by atoms with E-state index in [1.807, 2.05) is 19.1 Å². The predicted molar refractivity (Wildman–Crippen MR) is 84.0 cm³/mol. The number of ether oxygens (including phenoxy) is 4. The lowest BCUT2D eigenvalue weighted by molar-refractivity contribution is -0.292. The van der Waals surface area contributed by atoms with Crippen LogP contribution in [0.1, 0.15) is 5.56 Å². The van der Waals surface area contributed by atoms with E-state index in [2.05, 4.69) is 0 Å². The van der Waals surface area contributed by atoms with Gasteiger partial charge in [-0.1, -0.05) is 17.7 Å². The molecule has 5 atom stereocenters. The Morgan fingerprint density at radius 3 is 2.43 bits per heavy atom. The van der Waals surface area contributed by atoms with Gasteiger partial charge >= 0.3 is 5.24 Å². The van der Waals surface area contributed by atoms with Gasteiger partial charge in [0.2, 0.25) is 0 Å². The van der Waals surface area contributed by atoms with Crippen LogP contribution >= 0.6 is 12.2 Å². The molecule has 0 amide bonds. The summed E-state index contributed by atoms with van der Waals surface area (Å²) < 4.78 is 20.9. The van der Waals surface area contributed by atoms with Crippen LogP contribution in [0.4, 0.5) is 0 Å². The Kier molecular flexibility index (Phi) is 6.28. The van der Waals surface area contributed by atoms with Crippen LogP contribution in [0.25, 0.3) is 0 Å². The minimum Gasteiger partial charge on any atom is -0.447 e. The van der Waals surface area contributed by atoms with Gasteiger partial charge in [0.15, 0.2) is 12.4 Å². The zero-order valence-electron chi connectivity index (χ0n) is 12.8. The minimum atomic E-state index is -1.29. The number of rotatable bonds is 4. The number of thiocarbonyl (C=S) groups is 1. The van der Waals surface area contributed by atoms with Crippen LogP contribution in [0, 0.1) is 6.92 Å². The van der Waals surface area contributed by atoms with Gasteiger partial charge in [0.05, 0.1) is 6.61 Å². The first-order valence-corrected chi connectivity index (χ1v) is 7.47. The molecule has 2 rings (SSSR count). The van der Waals surface area contributed by atoms with Gasteiger partial charge in [-0.25, -0.2) is 0 Å². The summed E-state index contributed by atoms with van der Waals surface area (Å²) in [5, 5.41) is 29.2. The summed E-state index contributed by atoms with van der Waals surface area (Å²) >= 11 is 4.99. The topological polar surface area (TPSA) is 97.6 Å². The summed E-state index contributed by atoms with van der Waals surface area (Å²) in [7, 11) is 1.33. The van der Waals surface area contributed by atoms with Gasteiger partial charge in [0, 0.05) is 19.3 Å². The highest BCUT2D eigenvalue weighted by molar-refractivity contribution is 7.79. The maximum Gasteiger partial charge on any atom is 0.358 e. The van der Waals surface area contributed by atoms with Crippen LogP contribution in [0.15, 0.2) is 24.3 Å². The molecule has 128 valence electrons. The number of hydrogen-bond donors (Lipinski definition) is 3. The Morgan fingerprint density at radius 2 is 1.87 bits per heavy atom. The highest BCUT2D eigenvalue weighted by atomic mass is 32.1. The number of benzene rings is 1. The average molecular weight is 344 g/mol. The monoisotopic (exact) mass is 344 g/mol. The zero-order chi connectivity index (χ0) is 17.0. The van der Waals surface area contributed by atoms with Crippen molar-refractivity contribution in [3.8, 4) is 5.75 Å². The Morgan fingerprint density at radius 1 is 1.22 bits per heavy atom. The normalized spacial score (nSPS) is 30.7. The van der Waals surface area contributed by atoms with Gasteiger partial charge in [-0.05, 0) is 19.1 Å². The van der Waals surface area contributed by atoms with E-state index in [1.165, 1.54) is 7.11 Å². The molecule has 1 aliphatic heterocycles. The summed E-state index contributed by atoms with van der Waals surface area (Å²) in [6.07, 6.45) is -5.75. The van der Waals surface area contributed by atoms with Crippen LogP contribution in [0.5, 0.6) is 5.75 Å². The lowest BCUT2D eigenvalue weighted by Crippen LogP contribution is -2.60. The van der Waals surface area contributed by atoms with E-state index in [0.29, 0.717) is 5.75 Å². The van der Waals surface area contributed by atoms with E-state index in [1.54, 1.807) is 12.1 Å². The Balaban J connectivity index is 2.03. The van der Waals surface area contributed by atoms with Gasteiger partial charge in [0.25, 0.3) is 0 Å². The fraction of sp³-hybridized carbons (Fsp3) is 0.533. The summed E-state index contributed by atoms with van der Waals surface area (Å²) in [5.74, 6) is 0.471. The van der Waals surface area contributed by atoms with Crippen molar-refractivity contribution in [2.75, 3.05) is 13.7 Å². The van der Waals surface area contributed by atoms with Crippen molar-refractivity contribution in [3.05, 3.63) is 29.8 Å². The van der Waals surface area contributed by atoms with Gasteiger partial charge in [0.1, 0.15) is 24.1 Å². The zero-order valence-corrected chi connectivity index (χ0v) is 13.6. The lowest BCUT2D eigenvalue weighted by Gasteiger charge is -2.40. The molecule has 0 aliphatic carbocycles. The molecule has 7 nitrogen and oxygen atoms in total. The molecule has 1 fully saturated rings. The molecule has 0 spiro atoms. The molecule has 0 unspecified atom stereocenters. The van der Waals surface area contributed by atoms with E-state index in [-0.39, 0.29) is 5.24 Å². The number of methoxy groups -OCH3 is 1. The second kappa shape index (κ2) is 8.00. The maximum atomic E-state index is 10.1. The third-order valence-electron chi connectivity index (χ3n) is 3.51. The molecule has 1 aromatic carbocycles. The molecule has 0 saturated carbocycles. The smallest absolute Gasteiger partial charge is 0.358 e. The fourth-order valence-corrected chi connectivity index (χ4v) is 2.43. The molecule has 1 saturated heterocycles. The van der Waals surface area contributed by atoms with Gasteiger partial charge in [-0.2, -0.15) is 0 Å². The molecule has 1 aliphatic rings. The van der Waals surface area contributed by atoms with Gasteiger partial charge in [-0.15, -0.1) is 0 Å². The maximum absolute atomic E-state index is 10.1. The first-order valence-electron chi connectivity index (χ1n) is 7.06. The molecule has 8 heteroatoms. The van der Waals surface area contributed by atoms with Crippen molar-refractivity contribution in [1.29, 1.82) is 0 Å². The summed E-state index contributed by atoms with van der Waals surface area (Å²) in [4.78, 5) is 0. The Hall–Kier alpha value is -1.29. The van der Waals surface area contributed by atoms with Crippen molar-refractivity contribution in [1.82, 2.24) is 0 Å². The highest BCUT2D eigenvalue weighted by Gasteiger charge is 2.46. The van der Waals surface area contributed by atoms with E-state index in [0.717, 1.165) is 5.56 Å². The van der Waals surface area contributed by atoms with Crippen molar-refractivity contribution < 1.29 is 34.3 Å². The second-order valence-corrected chi connectivity index (χ2v) is 5.52. The van der Waals surface area contributed by atoms with Crippen molar-refractivity contribution >= 4 is 17.5 Å². The van der Waals surface area contributed by atoms with Crippen LogP contribution in [0.2, 0.25) is 0 Å². The number of hydrogen-bond acceptors (Lipinski definition) is 8. The summed E-state index contributed by atoms with van der Waals surface area (Å²) in [6.45, 7) is 1.48. The number of aryl methyl sites for hydroxylation is 1. The average Bonchev–Trinajstić information content (AvgIpc) is 2.54. The van der Waals surface area contributed by atoms with Crippen molar-refractivity contribution in [2.24, 2.45) is 0 Å². The van der Waals surface area contributed by atoms with Gasteiger partial charge in [-0.3, -0.25) is 0 Å². The van der Waals surface area contributed by atoms with Crippen LogP contribution < -0.4 is 4.74 Å². The molecule has 1 heterocycles. The minimum absolute atomic E-state index is 0.259.